The first-order valence-electron chi connectivity index (χ1n) is 6.51. The van der Waals surface area contributed by atoms with Gasteiger partial charge in [0.15, 0.2) is 5.82 Å². The maximum Gasteiger partial charge on any atom is 0.451 e. The summed E-state index contributed by atoms with van der Waals surface area (Å²) in [5.41, 5.74) is 6.41. The van der Waals surface area contributed by atoms with Crippen LogP contribution in [0.5, 0.6) is 0 Å². The molecule has 10 heteroatoms. The molecule has 0 radical (unpaired) electrons. The van der Waals surface area contributed by atoms with Gasteiger partial charge in [-0.1, -0.05) is 12.1 Å². The summed E-state index contributed by atoms with van der Waals surface area (Å²) in [4.78, 5) is 13.8. The van der Waals surface area contributed by atoms with E-state index in [4.69, 9.17) is 5.73 Å². The van der Waals surface area contributed by atoms with Crippen LogP contribution in [0.3, 0.4) is 0 Å². The number of amides is 1. The molecule has 23 heavy (non-hydrogen) atoms. The molecule has 1 aromatic carbocycles. The second-order valence-electron chi connectivity index (χ2n) is 4.90. The van der Waals surface area contributed by atoms with Crippen LogP contribution in [0.4, 0.5) is 18.9 Å². The minimum atomic E-state index is -4.55. The van der Waals surface area contributed by atoms with Gasteiger partial charge in [-0.3, -0.25) is 4.79 Å². The summed E-state index contributed by atoms with van der Waals surface area (Å²) in [5.74, 6) is -1.25. The third-order valence-corrected chi connectivity index (χ3v) is 3.49. The molecule has 3 rings (SSSR count). The van der Waals surface area contributed by atoms with E-state index in [-0.39, 0.29) is 43.8 Å². The fraction of sp³-hybridized carbons (Fsp3) is 0.308. The molecule has 0 fully saturated rings. The molecular weight excluding hydrogens is 335 g/mol. The van der Waals surface area contributed by atoms with Crippen molar-refractivity contribution in [2.45, 2.75) is 19.3 Å². The van der Waals surface area contributed by atoms with Crippen LogP contribution in [0, 0.1) is 0 Å². The molecule has 0 saturated heterocycles. The Bertz CT molecular complexity index is 731. The molecule has 6 nitrogen and oxygen atoms in total. The van der Waals surface area contributed by atoms with E-state index >= 15 is 0 Å². The second-order valence-corrected chi connectivity index (χ2v) is 4.90. The highest BCUT2D eigenvalue weighted by Gasteiger charge is 2.40. The first-order valence-corrected chi connectivity index (χ1v) is 6.51. The van der Waals surface area contributed by atoms with Crippen LogP contribution in [0.1, 0.15) is 22.0 Å². The maximum absolute atomic E-state index is 12.8. The summed E-state index contributed by atoms with van der Waals surface area (Å²) < 4.78 is 39.3. The van der Waals surface area contributed by atoms with E-state index < -0.39 is 12.0 Å². The van der Waals surface area contributed by atoms with Crippen LogP contribution >= 0.6 is 12.4 Å². The molecule has 2 aromatic rings. The van der Waals surface area contributed by atoms with Gasteiger partial charge in [0.2, 0.25) is 5.82 Å². The third kappa shape index (κ3) is 3.09. The SMILES string of the molecule is Cl.Nc1ccccc1C(=O)N1CCn2c(nnc2C(F)(F)F)C1. The van der Waals surface area contributed by atoms with Gasteiger partial charge in [0.25, 0.3) is 5.91 Å². The van der Waals surface area contributed by atoms with Gasteiger partial charge in [-0.2, -0.15) is 13.2 Å². The zero-order chi connectivity index (χ0) is 15.9. The minimum absolute atomic E-state index is 0. The standard InChI is InChI=1S/C13H12F3N5O.ClH/c14-13(15,16)12-19-18-10-7-20(5-6-21(10)12)11(22)8-3-1-2-4-9(8)17;/h1-4H,5-7,17H2;1H. The molecule has 2 N–H and O–H groups in total. The largest absolute Gasteiger partial charge is 0.451 e. The molecule has 0 unspecified atom stereocenters. The number of hydrogen-bond acceptors (Lipinski definition) is 4. The van der Waals surface area contributed by atoms with E-state index in [1.807, 2.05) is 0 Å². The Hall–Kier alpha value is -2.29. The number of alkyl halides is 3. The van der Waals surface area contributed by atoms with E-state index in [9.17, 15) is 18.0 Å². The second kappa shape index (κ2) is 6.07. The van der Waals surface area contributed by atoms with Crippen LogP contribution in [-0.4, -0.2) is 32.1 Å². The van der Waals surface area contributed by atoms with E-state index in [2.05, 4.69) is 10.2 Å². The molecule has 124 valence electrons. The quantitative estimate of drug-likeness (QED) is 0.800. The molecule has 1 aliphatic rings. The number of halogens is 4. The molecule has 1 aromatic heterocycles. The normalized spacial score (nSPS) is 14.1. The van der Waals surface area contributed by atoms with Crippen molar-refractivity contribution in [3.63, 3.8) is 0 Å². The smallest absolute Gasteiger partial charge is 0.398 e. The molecule has 0 bridgehead atoms. The molecule has 0 aliphatic carbocycles. The number of benzene rings is 1. The number of aromatic nitrogens is 3. The summed E-state index contributed by atoms with van der Waals surface area (Å²) in [5, 5.41) is 6.72. The molecule has 2 heterocycles. The monoisotopic (exact) mass is 347 g/mol. The van der Waals surface area contributed by atoms with Gasteiger partial charge in [0.05, 0.1) is 12.1 Å². The predicted octanol–water partition coefficient (Wildman–Crippen LogP) is 1.96. The van der Waals surface area contributed by atoms with E-state index in [1.165, 1.54) is 4.90 Å². The molecular formula is C13H13ClF3N5O. The number of anilines is 1. The van der Waals surface area contributed by atoms with Gasteiger partial charge in [-0.15, -0.1) is 22.6 Å². The van der Waals surface area contributed by atoms with Crippen molar-refractivity contribution in [2.24, 2.45) is 0 Å². The average Bonchev–Trinajstić information content (AvgIpc) is 2.90. The molecule has 1 amide bonds. The van der Waals surface area contributed by atoms with Crippen molar-refractivity contribution in [3.05, 3.63) is 41.5 Å². The summed E-state index contributed by atoms with van der Waals surface area (Å²) in [7, 11) is 0. The number of fused-ring (bicyclic) bond motifs is 1. The lowest BCUT2D eigenvalue weighted by Gasteiger charge is -2.28. The molecule has 0 spiro atoms. The summed E-state index contributed by atoms with van der Waals surface area (Å²) >= 11 is 0. The summed E-state index contributed by atoms with van der Waals surface area (Å²) in [6.45, 7) is 0.104. The first kappa shape index (κ1) is 17.1. The lowest BCUT2D eigenvalue weighted by molar-refractivity contribution is -0.147. The predicted molar refractivity (Wildman–Crippen MR) is 77.9 cm³/mol. The van der Waals surface area contributed by atoms with Crippen LogP contribution < -0.4 is 5.73 Å². The van der Waals surface area contributed by atoms with Crippen molar-refractivity contribution in [1.29, 1.82) is 0 Å². The Labute approximate surface area is 135 Å². The zero-order valence-corrected chi connectivity index (χ0v) is 12.6. The zero-order valence-electron chi connectivity index (χ0n) is 11.7. The van der Waals surface area contributed by atoms with E-state index in [0.717, 1.165) is 4.57 Å². The number of rotatable bonds is 1. The number of nitrogens with two attached hydrogens (primary N) is 1. The number of carbonyl (C=O) groups is 1. The molecule has 1 aliphatic heterocycles. The van der Waals surface area contributed by atoms with Crippen LogP contribution in [-0.2, 0) is 19.3 Å². The fourth-order valence-corrected chi connectivity index (χ4v) is 2.40. The van der Waals surface area contributed by atoms with Crippen molar-refractivity contribution in [1.82, 2.24) is 19.7 Å². The highest BCUT2D eigenvalue weighted by atomic mass is 35.5. The van der Waals surface area contributed by atoms with Crippen LogP contribution in [0.25, 0.3) is 0 Å². The molecule has 0 saturated carbocycles. The Balaban J connectivity index is 0.00000192. The van der Waals surface area contributed by atoms with Crippen molar-refractivity contribution < 1.29 is 18.0 Å². The van der Waals surface area contributed by atoms with Crippen molar-refractivity contribution in [2.75, 3.05) is 12.3 Å². The first-order chi connectivity index (χ1) is 10.4. The third-order valence-electron chi connectivity index (χ3n) is 3.49. The van der Waals surface area contributed by atoms with Gasteiger partial charge in [-0.25, -0.2) is 0 Å². The van der Waals surface area contributed by atoms with Gasteiger partial charge >= 0.3 is 6.18 Å². The average molecular weight is 348 g/mol. The lowest BCUT2D eigenvalue weighted by Crippen LogP contribution is -2.39. The van der Waals surface area contributed by atoms with Crippen molar-refractivity contribution in [3.8, 4) is 0 Å². The minimum Gasteiger partial charge on any atom is -0.398 e. The number of hydrogen-bond donors (Lipinski definition) is 1. The number of nitrogens with zero attached hydrogens (tertiary/aromatic N) is 4. The van der Waals surface area contributed by atoms with Crippen molar-refractivity contribution >= 4 is 24.0 Å². The number of para-hydroxylation sites is 1. The number of carbonyl (C=O) groups excluding carboxylic acids is 1. The fourth-order valence-electron chi connectivity index (χ4n) is 2.40. The summed E-state index contributed by atoms with van der Waals surface area (Å²) in [6, 6.07) is 6.56. The Morgan fingerprint density at radius 3 is 2.52 bits per heavy atom. The van der Waals surface area contributed by atoms with Crippen LogP contribution in [0.2, 0.25) is 0 Å². The van der Waals surface area contributed by atoms with Gasteiger partial charge in [-0.05, 0) is 12.1 Å². The van der Waals surface area contributed by atoms with Gasteiger partial charge in [0.1, 0.15) is 0 Å². The van der Waals surface area contributed by atoms with Gasteiger partial charge < -0.3 is 15.2 Å². The highest BCUT2D eigenvalue weighted by molar-refractivity contribution is 5.99. The van der Waals surface area contributed by atoms with E-state index in [0.29, 0.717) is 11.3 Å². The Morgan fingerprint density at radius 2 is 1.87 bits per heavy atom. The Morgan fingerprint density at radius 1 is 1.17 bits per heavy atom. The maximum atomic E-state index is 12.8. The van der Waals surface area contributed by atoms with E-state index in [1.54, 1.807) is 24.3 Å². The number of nitrogen functional groups attached to an aromatic ring is 1. The summed E-state index contributed by atoms with van der Waals surface area (Å²) in [6.07, 6.45) is -4.55. The van der Waals surface area contributed by atoms with Crippen LogP contribution in [0.15, 0.2) is 24.3 Å². The topological polar surface area (TPSA) is 77.0 Å². The highest BCUT2D eigenvalue weighted by Crippen LogP contribution is 2.29. The lowest BCUT2D eigenvalue weighted by atomic mass is 10.1. The Kier molecular flexibility index (Phi) is 4.51. The molecule has 0 atom stereocenters. The van der Waals surface area contributed by atoms with Gasteiger partial charge in [0, 0.05) is 18.8 Å².